The second kappa shape index (κ2) is 12.6. The summed E-state index contributed by atoms with van der Waals surface area (Å²) in [4.78, 5) is 41.9. The standard InChI is InChI=1S/C28H33F3N4O3/c1-4-19(2)25(33-24(36)14-13-21-9-6-5-7-10-21)26(37)34-15-16-35(20(3)18-34)27(38)32-23-12-8-11-22(17-23)28(29,30)31/h5-14,17,19-20,25H,4,15-16,18H2,1-3H3,(H,32,38)(H,33,36)/b14-13+. The minimum atomic E-state index is -4.51. The molecule has 3 rings (SSSR count). The first-order chi connectivity index (χ1) is 18.0. The first kappa shape index (κ1) is 28.7. The van der Waals surface area contributed by atoms with Crippen LogP contribution in [0.1, 0.15) is 38.3 Å². The number of urea groups is 1. The van der Waals surface area contributed by atoms with E-state index in [-0.39, 0.29) is 49.1 Å². The molecule has 2 N–H and O–H groups in total. The number of piperazine rings is 1. The van der Waals surface area contributed by atoms with Gasteiger partial charge in [-0.1, -0.05) is 56.7 Å². The van der Waals surface area contributed by atoms with Crippen LogP contribution in [0.3, 0.4) is 0 Å². The van der Waals surface area contributed by atoms with E-state index in [9.17, 15) is 27.6 Å². The van der Waals surface area contributed by atoms with Crippen LogP contribution >= 0.6 is 0 Å². The van der Waals surface area contributed by atoms with E-state index < -0.39 is 23.8 Å². The highest BCUT2D eigenvalue weighted by Crippen LogP contribution is 2.30. The fourth-order valence-corrected chi connectivity index (χ4v) is 4.25. The van der Waals surface area contributed by atoms with Crippen molar-refractivity contribution in [3.8, 4) is 0 Å². The van der Waals surface area contributed by atoms with Crippen molar-refractivity contribution in [3.05, 3.63) is 71.8 Å². The summed E-state index contributed by atoms with van der Waals surface area (Å²) < 4.78 is 39.0. The number of carbonyl (C=O) groups excluding carboxylic acids is 3. The number of hydrogen-bond acceptors (Lipinski definition) is 3. The summed E-state index contributed by atoms with van der Waals surface area (Å²) in [6.07, 6.45) is -0.763. The quantitative estimate of drug-likeness (QED) is 0.494. The molecule has 4 amide bonds. The lowest BCUT2D eigenvalue weighted by atomic mass is 9.97. The van der Waals surface area contributed by atoms with Gasteiger partial charge in [0, 0.05) is 37.4 Å². The van der Waals surface area contributed by atoms with Crippen LogP contribution in [0.25, 0.3) is 6.08 Å². The first-order valence-corrected chi connectivity index (χ1v) is 12.6. The normalized spacial score (nSPS) is 17.7. The third kappa shape index (κ3) is 7.60. The summed E-state index contributed by atoms with van der Waals surface area (Å²) in [6, 6.07) is 12.1. The van der Waals surface area contributed by atoms with Crippen LogP contribution in [0, 0.1) is 5.92 Å². The molecule has 0 radical (unpaired) electrons. The molecule has 3 unspecified atom stereocenters. The van der Waals surface area contributed by atoms with Crippen molar-refractivity contribution in [3.63, 3.8) is 0 Å². The van der Waals surface area contributed by atoms with Gasteiger partial charge in [0.05, 0.1) is 5.56 Å². The number of amides is 4. The molecule has 0 saturated carbocycles. The van der Waals surface area contributed by atoms with E-state index in [1.54, 1.807) is 17.9 Å². The van der Waals surface area contributed by atoms with Crippen LogP contribution in [0.15, 0.2) is 60.7 Å². The lowest BCUT2D eigenvalue weighted by Crippen LogP contribution is -2.60. The van der Waals surface area contributed by atoms with Gasteiger partial charge in [-0.05, 0) is 42.7 Å². The highest BCUT2D eigenvalue weighted by molar-refractivity contribution is 5.96. The Bertz CT molecular complexity index is 1150. The van der Waals surface area contributed by atoms with Crippen molar-refractivity contribution in [1.82, 2.24) is 15.1 Å². The van der Waals surface area contributed by atoms with Gasteiger partial charge >= 0.3 is 12.2 Å². The zero-order chi connectivity index (χ0) is 27.9. The number of halogens is 3. The third-order valence-corrected chi connectivity index (χ3v) is 6.64. The van der Waals surface area contributed by atoms with Gasteiger partial charge < -0.3 is 20.4 Å². The van der Waals surface area contributed by atoms with Crippen LogP contribution in [0.5, 0.6) is 0 Å². The molecule has 0 aromatic heterocycles. The predicted molar refractivity (Wildman–Crippen MR) is 140 cm³/mol. The lowest BCUT2D eigenvalue weighted by Gasteiger charge is -2.41. The van der Waals surface area contributed by atoms with Gasteiger partial charge in [0.2, 0.25) is 11.8 Å². The topological polar surface area (TPSA) is 81.8 Å². The number of nitrogens with zero attached hydrogens (tertiary/aromatic N) is 2. The average molecular weight is 531 g/mol. The van der Waals surface area contributed by atoms with Gasteiger partial charge in [-0.15, -0.1) is 0 Å². The Labute approximate surface area is 220 Å². The number of carbonyl (C=O) groups is 3. The average Bonchev–Trinajstić information content (AvgIpc) is 2.89. The van der Waals surface area contributed by atoms with Gasteiger partial charge in [-0.25, -0.2) is 4.79 Å². The van der Waals surface area contributed by atoms with Gasteiger partial charge in [-0.2, -0.15) is 13.2 Å². The Morgan fingerprint density at radius 3 is 2.42 bits per heavy atom. The Balaban J connectivity index is 1.62. The molecular weight excluding hydrogens is 497 g/mol. The largest absolute Gasteiger partial charge is 0.416 e. The molecule has 7 nitrogen and oxygen atoms in total. The van der Waals surface area contributed by atoms with E-state index in [2.05, 4.69) is 10.6 Å². The lowest BCUT2D eigenvalue weighted by molar-refractivity contribution is -0.139. The number of hydrogen-bond donors (Lipinski definition) is 2. The Morgan fingerprint density at radius 1 is 1.08 bits per heavy atom. The first-order valence-electron chi connectivity index (χ1n) is 12.6. The van der Waals surface area contributed by atoms with Crippen molar-refractivity contribution >= 4 is 29.6 Å². The van der Waals surface area contributed by atoms with E-state index in [0.29, 0.717) is 6.42 Å². The molecule has 0 bridgehead atoms. The smallest absolute Gasteiger partial charge is 0.340 e. The van der Waals surface area contributed by atoms with E-state index in [1.165, 1.54) is 23.1 Å². The number of alkyl halides is 3. The van der Waals surface area contributed by atoms with E-state index in [0.717, 1.165) is 17.7 Å². The molecule has 2 aromatic carbocycles. The SMILES string of the molecule is CCC(C)C(NC(=O)/C=C/c1ccccc1)C(=O)N1CCN(C(=O)Nc2cccc(C(F)(F)F)c2)C(C)C1. The van der Waals surface area contributed by atoms with Gasteiger partial charge in [0.1, 0.15) is 6.04 Å². The van der Waals surface area contributed by atoms with Crippen LogP contribution in [-0.2, 0) is 15.8 Å². The molecule has 0 aliphatic carbocycles. The molecule has 1 saturated heterocycles. The number of benzene rings is 2. The van der Waals surface area contributed by atoms with Crippen molar-refractivity contribution in [2.75, 3.05) is 25.0 Å². The highest BCUT2D eigenvalue weighted by Gasteiger charge is 2.35. The molecule has 1 heterocycles. The summed E-state index contributed by atoms with van der Waals surface area (Å²) in [6.45, 7) is 6.28. The molecule has 38 heavy (non-hydrogen) atoms. The fraction of sp³-hybridized carbons (Fsp3) is 0.393. The van der Waals surface area contributed by atoms with Crippen molar-refractivity contribution in [2.24, 2.45) is 5.92 Å². The van der Waals surface area contributed by atoms with Crippen LogP contribution in [-0.4, -0.2) is 59.4 Å². The van der Waals surface area contributed by atoms with Crippen LogP contribution in [0.2, 0.25) is 0 Å². The third-order valence-electron chi connectivity index (χ3n) is 6.64. The van der Waals surface area contributed by atoms with E-state index in [4.69, 9.17) is 0 Å². The van der Waals surface area contributed by atoms with E-state index >= 15 is 0 Å². The Kier molecular flexibility index (Phi) is 9.55. The maximum atomic E-state index is 13.4. The molecule has 0 spiro atoms. The summed E-state index contributed by atoms with van der Waals surface area (Å²) in [7, 11) is 0. The molecule has 10 heteroatoms. The molecule has 1 aliphatic heterocycles. The molecule has 1 aliphatic rings. The van der Waals surface area contributed by atoms with Crippen molar-refractivity contribution in [1.29, 1.82) is 0 Å². The van der Waals surface area contributed by atoms with Gasteiger partial charge in [0.15, 0.2) is 0 Å². The fourth-order valence-electron chi connectivity index (χ4n) is 4.25. The van der Waals surface area contributed by atoms with Crippen LogP contribution in [0.4, 0.5) is 23.7 Å². The number of anilines is 1. The zero-order valence-corrected chi connectivity index (χ0v) is 21.7. The Hall–Kier alpha value is -3.82. The molecule has 2 aromatic rings. The summed E-state index contributed by atoms with van der Waals surface area (Å²) >= 11 is 0. The Morgan fingerprint density at radius 2 is 1.79 bits per heavy atom. The van der Waals surface area contributed by atoms with E-state index in [1.807, 2.05) is 44.2 Å². The number of nitrogens with one attached hydrogen (secondary N) is 2. The zero-order valence-electron chi connectivity index (χ0n) is 21.7. The molecule has 204 valence electrons. The van der Waals surface area contributed by atoms with Crippen LogP contribution < -0.4 is 10.6 Å². The maximum absolute atomic E-state index is 13.4. The molecular formula is C28H33F3N4O3. The van der Waals surface area contributed by atoms with Gasteiger partial charge in [-0.3, -0.25) is 9.59 Å². The monoisotopic (exact) mass is 530 g/mol. The summed E-state index contributed by atoms with van der Waals surface area (Å²) in [5, 5.41) is 5.35. The highest BCUT2D eigenvalue weighted by atomic mass is 19.4. The maximum Gasteiger partial charge on any atom is 0.416 e. The summed E-state index contributed by atoms with van der Waals surface area (Å²) in [5.41, 5.74) is 0.0524. The van der Waals surface area contributed by atoms with Crippen molar-refractivity contribution < 1.29 is 27.6 Å². The van der Waals surface area contributed by atoms with Crippen molar-refractivity contribution in [2.45, 2.75) is 45.5 Å². The second-order valence-corrected chi connectivity index (χ2v) is 9.45. The number of rotatable bonds is 7. The van der Waals surface area contributed by atoms with Gasteiger partial charge in [0.25, 0.3) is 0 Å². The molecule has 3 atom stereocenters. The predicted octanol–water partition coefficient (Wildman–Crippen LogP) is 5.01. The molecule has 1 fully saturated rings. The second-order valence-electron chi connectivity index (χ2n) is 9.45. The summed E-state index contributed by atoms with van der Waals surface area (Å²) in [5.74, 6) is -0.723. The minimum Gasteiger partial charge on any atom is -0.340 e. The minimum absolute atomic E-state index is 0.0404.